The largest absolute Gasteiger partial charge is 0.387 e. The summed E-state index contributed by atoms with van der Waals surface area (Å²) in [6.45, 7) is 1.90. The van der Waals surface area contributed by atoms with Crippen LogP contribution in [0.15, 0.2) is 17.0 Å². The van der Waals surface area contributed by atoms with E-state index in [1.54, 1.807) is 12.4 Å². The second kappa shape index (κ2) is 3.78. The van der Waals surface area contributed by atoms with E-state index in [9.17, 15) is 5.11 Å². The maximum atomic E-state index is 9.33. The van der Waals surface area contributed by atoms with Gasteiger partial charge in [-0.25, -0.2) is 4.98 Å². The molecule has 1 aromatic heterocycles. The molecule has 0 aliphatic carbocycles. The van der Waals surface area contributed by atoms with E-state index in [1.165, 1.54) is 0 Å². The van der Waals surface area contributed by atoms with Crippen LogP contribution in [0.1, 0.15) is 25.1 Å². The van der Waals surface area contributed by atoms with Crippen LogP contribution in [0.5, 0.6) is 0 Å². The summed E-state index contributed by atoms with van der Waals surface area (Å²) in [5.74, 6) is 0. The van der Waals surface area contributed by atoms with Crippen molar-refractivity contribution < 1.29 is 5.11 Å². The minimum Gasteiger partial charge on any atom is -0.387 e. The van der Waals surface area contributed by atoms with Crippen LogP contribution in [-0.2, 0) is 0 Å². The molecule has 0 aliphatic heterocycles. The van der Waals surface area contributed by atoms with Crippen molar-refractivity contribution >= 4 is 15.9 Å². The molecule has 0 bridgehead atoms. The molecular weight excluding hydrogens is 208 g/mol. The van der Waals surface area contributed by atoms with E-state index < -0.39 is 6.10 Å². The van der Waals surface area contributed by atoms with Gasteiger partial charge in [0.2, 0.25) is 0 Å². The molecule has 1 rings (SSSR count). The van der Waals surface area contributed by atoms with E-state index in [2.05, 4.69) is 25.9 Å². The van der Waals surface area contributed by atoms with E-state index in [1.807, 2.05) is 6.92 Å². The molecule has 3 nitrogen and oxygen atoms in total. The molecule has 1 unspecified atom stereocenters. The molecule has 0 aliphatic rings. The fourth-order valence-corrected chi connectivity index (χ4v) is 1.05. The highest BCUT2D eigenvalue weighted by atomic mass is 79.9. The zero-order valence-corrected chi connectivity index (χ0v) is 7.74. The van der Waals surface area contributed by atoms with Gasteiger partial charge >= 0.3 is 0 Å². The SMILES string of the molecule is CCC(O)c1cncc(Br)n1. The highest BCUT2D eigenvalue weighted by Gasteiger charge is 2.05. The second-order valence-corrected chi connectivity index (χ2v) is 3.00. The van der Waals surface area contributed by atoms with Gasteiger partial charge in [-0.15, -0.1) is 0 Å². The highest BCUT2D eigenvalue weighted by molar-refractivity contribution is 9.10. The maximum absolute atomic E-state index is 9.33. The molecule has 0 radical (unpaired) electrons. The van der Waals surface area contributed by atoms with Gasteiger partial charge in [-0.05, 0) is 22.4 Å². The summed E-state index contributed by atoms with van der Waals surface area (Å²) in [4.78, 5) is 7.93. The van der Waals surface area contributed by atoms with Crippen molar-refractivity contribution in [3.8, 4) is 0 Å². The summed E-state index contributed by atoms with van der Waals surface area (Å²) in [7, 11) is 0. The Morgan fingerprint density at radius 1 is 1.64 bits per heavy atom. The standard InChI is InChI=1S/C7H9BrN2O/c1-2-6(11)5-3-9-4-7(8)10-5/h3-4,6,11H,2H2,1H3. The molecule has 0 aromatic carbocycles. The molecule has 0 saturated heterocycles. The first-order valence-electron chi connectivity index (χ1n) is 3.39. The zero-order valence-electron chi connectivity index (χ0n) is 6.16. The Morgan fingerprint density at radius 3 is 2.91 bits per heavy atom. The van der Waals surface area contributed by atoms with Crippen molar-refractivity contribution in [2.45, 2.75) is 19.4 Å². The van der Waals surface area contributed by atoms with E-state index in [-0.39, 0.29) is 0 Å². The van der Waals surface area contributed by atoms with Crippen molar-refractivity contribution in [1.82, 2.24) is 9.97 Å². The van der Waals surface area contributed by atoms with Gasteiger partial charge in [0.15, 0.2) is 0 Å². The summed E-state index contributed by atoms with van der Waals surface area (Å²) in [5.41, 5.74) is 0.613. The monoisotopic (exact) mass is 216 g/mol. The molecule has 0 fully saturated rings. The Hall–Kier alpha value is -0.480. The summed E-state index contributed by atoms with van der Waals surface area (Å²) in [5, 5.41) is 9.33. The number of aromatic nitrogens is 2. The molecule has 60 valence electrons. The Bertz CT molecular complexity index is 242. The number of hydrogen-bond donors (Lipinski definition) is 1. The van der Waals surface area contributed by atoms with Crippen molar-refractivity contribution in [3.63, 3.8) is 0 Å². The lowest BCUT2D eigenvalue weighted by Crippen LogP contribution is -1.99. The van der Waals surface area contributed by atoms with Gasteiger partial charge in [-0.2, -0.15) is 0 Å². The van der Waals surface area contributed by atoms with Gasteiger partial charge in [0, 0.05) is 0 Å². The van der Waals surface area contributed by atoms with Gasteiger partial charge in [0.1, 0.15) is 4.60 Å². The van der Waals surface area contributed by atoms with Crippen LogP contribution in [0.3, 0.4) is 0 Å². The van der Waals surface area contributed by atoms with E-state index >= 15 is 0 Å². The summed E-state index contributed by atoms with van der Waals surface area (Å²) >= 11 is 3.17. The van der Waals surface area contributed by atoms with Gasteiger partial charge in [-0.3, -0.25) is 4.98 Å². The number of nitrogens with zero attached hydrogens (tertiary/aromatic N) is 2. The second-order valence-electron chi connectivity index (χ2n) is 2.19. The molecule has 0 amide bonds. The molecule has 0 spiro atoms. The molecule has 4 heteroatoms. The quantitative estimate of drug-likeness (QED) is 0.819. The van der Waals surface area contributed by atoms with E-state index in [0.717, 1.165) is 0 Å². The average molecular weight is 217 g/mol. The van der Waals surface area contributed by atoms with E-state index in [4.69, 9.17) is 0 Å². The molecule has 1 N–H and O–H groups in total. The molecular formula is C7H9BrN2O. The molecule has 0 saturated carbocycles. The normalized spacial score (nSPS) is 13.0. The van der Waals surface area contributed by atoms with Crippen molar-refractivity contribution in [2.24, 2.45) is 0 Å². The van der Waals surface area contributed by atoms with Crippen LogP contribution in [0.2, 0.25) is 0 Å². The van der Waals surface area contributed by atoms with Crippen LogP contribution in [-0.4, -0.2) is 15.1 Å². The fourth-order valence-electron chi connectivity index (χ4n) is 0.726. The first-order chi connectivity index (χ1) is 5.24. The molecule has 1 aromatic rings. The lowest BCUT2D eigenvalue weighted by Gasteiger charge is -2.05. The van der Waals surface area contributed by atoms with Crippen LogP contribution in [0, 0.1) is 0 Å². The number of rotatable bonds is 2. The summed E-state index contributed by atoms with van der Waals surface area (Å²) < 4.78 is 0.655. The van der Waals surface area contributed by atoms with Gasteiger partial charge in [-0.1, -0.05) is 6.92 Å². The third-order valence-corrected chi connectivity index (χ3v) is 1.73. The van der Waals surface area contributed by atoms with E-state index in [0.29, 0.717) is 16.7 Å². The predicted octanol–water partition coefficient (Wildman–Crippen LogP) is 1.68. The van der Waals surface area contributed by atoms with Gasteiger partial charge in [0.25, 0.3) is 0 Å². The van der Waals surface area contributed by atoms with Crippen molar-refractivity contribution in [3.05, 3.63) is 22.7 Å². The van der Waals surface area contributed by atoms with Gasteiger partial charge in [0.05, 0.1) is 24.2 Å². The lowest BCUT2D eigenvalue weighted by atomic mass is 10.2. The number of halogens is 1. The Morgan fingerprint density at radius 2 is 2.36 bits per heavy atom. The Labute approximate surface area is 73.6 Å². The smallest absolute Gasteiger partial charge is 0.124 e. The maximum Gasteiger partial charge on any atom is 0.124 e. The molecule has 1 atom stereocenters. The third kappa shape index (κ3) is 2.24. The zero-order chi connectivity index (χ0) is 8.27. The highest BCUT2D eigenvalue weighted by Crippen LogP contribution is 2.14. The van der Waals surface area contributed by atoms with Crippen LogP contribution in [0.25, 0.3) is 0 Å². The lowest BCUT2D eigenvalue weighted by molar-refractivity contribution is 0.168. The Kier molecular flexibility index (Phi) is 2.96. The minimum absolute atomic E-state index is 0.500. The van der Waals surface area contributed by atoms with Crippen LogP contribution < -0.4 is 0 Å². The fraction of sp³-hybridized carbons (Fsp3) is 0.429. The third-order valence-electron chi connectivity index (χ3n) is 1.35. The first-order valence-corrected chi connectivity index (χ1v) is 4.19. The molecule has 11 heavy (non-hydrogen) atoms. The van der Waals surface area contributed by atoms with Crippen molar-refractivity contribution in [1.29, 1.82) is 0 Å². The number of aliphatic hydroxyl groups is 1. The first kappa shape index (κ1) is 8.62. The summed E-state index contributed by atoms with van der Waals surface area (Å²) in [6.07, 6.45) is 3.32. The van der Waals surface area contributed by atoms with Gasteiger partial charge < -0.3 is 5.11 Å². The van der Waals surface area contributed by atoms with Crippen LogP contribution >= 0.6 is 15.9 Å². The average Bonchev–Trinajstić information content (AvgIpc) is 2.03. The molecule has 1 heterocycles. The Balaban J connectivity index is 2.86. The minimum atomic E-state index is -0.500. The number of aliphatic hydroxyl groups excluding tert-OH is 1. The number of hydrogen-bond acceptors (Lipinski definition) is 3. The van der Waals surface area contributed by atoms with Crippen molar-refractivity contribution in [2.75, 3.05) is 0 Å². The van der Waals surface area contributed by atoms with Crippen LogP contribution in [0.4, 0.5) is 0 Å². The topological polar surface area (TPSA) is 46.0 Å². The summed E-state index contributed by atoms with van der Waals surface area (Å²) in [6, 6.07) is 0. The predicted molar refractivity (Wildman–Crippen MR) is 45.0 cm³/mol.